The number of nitrogens with two attached hydrogens (primary N) is 1. The summed E-state index contributed by atoms with van der Waals surface area (Å²) in [5.74, 6) is 6.19. The van der Waals surface area contributed by atoms with Crippen LogP contribution >= 0.6 is 0 Å². The van der Waals surface area contributed by atoms with E-state index in [0.717, 1.165) is 11.1 Å². The predicted molar refractivity (Wildman–Crippen MR) is 122 cm³/mol. The molecule has 2 heterocycles. The molecule has 1 aromatic heterocycles. The Morgan fingerprint density at radius 1 is 1.21 bits per heavy atom. The van der Waals surface area contributed by atoms with Crippen molar-refractivity contribution in [3.8, 4) is 11.1 Å². The van der Waals surface area contributed by atoms with Gasteiger partial charge in [0.1, 0.15) is 12.4 Å². The SMILES string of the molecule is CS(=O)(=O)O.C[C@@H](c1ccc(-c2ccccc2)c(F)c1)c1cc(N=C2CN(N)CCO2)on1. The molecule has 2 aromatic carbocycles. The van der Waals surface area contributed by atoms with E-state index in [1.807, 2.05) is 43.3 Å². The van der Waals surface area contributed by atoms with Gasteiger partial charge in [-0.15, -0.1) is 0 Å². The average Bonchev–Trinajstić information content (AvgIpc) is 3.21. The van der Waals surface area contributed by atoms with Crippen molar-refractivity contribution in [2.24, 2.45) is 10.8 Å². The average molecular weight is 477 g/mol. The molecule has 0 saturated carbocycles. The molecule has 1 aliphatic rings. The molecule has 3 N–H and O–H groups in total. The number of morpholine rings is 1. The van der Waals surface area contributed by atoms with Crippen molar-refractivity contribution >= 4 is 21.9 Å². The number of aromatic nitrogens is 1. The van der Waals surface area contributed by atoms with Gasteiger partial charge in [-0.2, -0.15) is 13.4 Å². The second-order valence-corrected chi connectivity index (χ2v) is 8.94. The monoisotopic (exact) mass is 476 g/mol. The summed E-state index contributed by atoms with van der Waals surface area (Å²) in [5.41, 5.74) is 2.91. The van der Waals surface area contributed by atoms with Gasteiger partial charge in [0.2, 0.25) is 5.90 Å². The molecule has 0 unspecified atom stereocenters. The van der Waals surface area contributed by atoms with E-state index < -0.39 is 10.1 Å². The number of hydrazine groups is 1. The van der Waals surface area contributed by atoms with Crippen LogP contribution < -0.4 is 5.84 Å². The maximum atomic E-state index is 14.7. The number of ether oxygens (including phenoxy) is 1. The van der Waals surface area contributed by atoms with E-state index in [2.05, 4.69) is 10.1 Å². The lowest BCUT2D eigenvalue weighted by Gasteiger charge is -2.22. The Kier molecular flexibility index (Phi) is 7.92. The number of aliphatic imine (C=N–C) groups is 1. The minimum atomic E-state index is -3.67. The first kappa shape index (κ1) is 24.5. The van der Waals surface area contributed by atoms with Crippen molar-refractivity contribution in [2.75, 3.05) is 26.0 Å². The van der Waals surface area contributed by atoms with E-state index in [0.29, 0.717) is 49.0 Å². The van der Waals surface area contributed by atoms with Crippen molar-refractivity contribution in [1.29, 1.82) is 0 Å². The zero-order chi connectivity index (χ0) is 24.0. The van der Waals surface area contributed by atoms with Crippen molar-refractivity contribution in [1.82, 2.24) is 10.2 Å². The highest BCUT2D eigenvalue weighted by molar-refractivity contribution is 7.85. The largest absolute Gasteiger partial charge is 0.478 e. The van der Waals surface area contributed by atoms with Gasteiger partial charge >= 0.3 is 0 Å². The van der Waals surface area contributed by atoms with Crippen LogP contribution in [0.4, 0.5) is 10.3 Å². The number of halogens is 1. The highest BCUT2D eigenvalue weighted by Gasteiger charge is 2.18. The molecule has 1 fully saturated rings. The summed E-state index contributed by atoms with van der Waals surface area (Å²) < 4.78 is 51.3. The minimum Gasteiger partial charge on any atom is -0.478 e. The van der Waals surface area contributed by atoms with Gasteiger partial charge in [-0.1, -0.05) is 54.5 Å². The van der Waals surface area contributed by atoms with Crippen LogP contribution in [0.5, 0.6) is 0 Å². The van der Waals surface area contributed by atoms with Gasteiger partial charge in [0.15, 0.2) is 0 Å². The number of benzene rings is 2. The molecule has 0 spiro atoms. The van der Waals surface area contributed by atoms with Crippen LogP contribution in [0.1, 0.15) is 24.1 Å². The first-order chi connectivity index (χ1) is 15.6. The number of hydrogen-bond acceptors (Lipinski definition) is 8. The predicted octanol–water partition coefficient (Wildman–Crippen LogP) is 3.37. The van der Waals surface area contributed by atoms with E-state index in [1.165, 1.54) is 0 Å². The summed E-state index contributed by atoms with van der Waals surface area (Å²) in [7, 11) is -3.67. The van der Waals surface area contributed by atoms with E-state index >= 15 is 0 Å². The van der Waals surface area contributed by atoms with Crippen LogP contribution in [0.25, 0.3) is 11.1 Å². The molecule has 0 aliphatic carbocycles. The summed E-state index contributed by atoms with van der Waals surface area (Å²) in [5, 5.41) is 5.71. The first-order valence-corrected chi connectivity index (χ1v) is 11.9. The Hall–Kier alpha value is -3.12. The lowest BCUT2D eigenvalue weighted by Crippen LogP contribution is -2.44. The molecule has 0 bridgehead atoms. The summed E-state index contributed by atoms with van der Waals surface area (Å²) in [4.78, 5) is 4.31. The van der Waals surface area contributed by atoms with E-state index in [-0.39, 0.29) is 11.7 Å². The van der Waals surface area contributed by atoms with Crippen molar-refractivity contribution in [3.05, 3.63) is 71.7 Å². The van der Waals surface area contributed by atoms with Gasteiger partial charge in [0, 0.05) is 24.1 Å². The zero-order valence-electron chi connectivity index (χ0n) is 18.2. The summed E-state index contributed by atoms with van der Waals surface area (Å²) >= 11 is 0. The molecular weight excluding hydrogens is 451 g/mol. The Morgan fingerprint density at radius 3 is 2.55 bits per heavy atom. The molecule has 11 heteroatoms. The molecule has 0 amide bonds. The molecule has 0 radical (unpaired) electrons. The van der Waals surface area contributed by atoms with Crippen molar-refractivity contribution in [2.45, 2.75) is 12.8 Å². The molecule has 1 atom stereocenters. The topological polar surface area (TPSA) is 131 Å². The molecule has 4 rings (SSSR count). The van der Waals surface area contributed by atoms with Gasteiger partial charge in [0.05, 0.1) is 18.5 Å². The summed E-state index contributed by atoms with van der Waals surface area (Å²) in [6, 6.07) is 16.5. The van der Waals surface area contributed by atoms with Crippen molar-refractivity contribution in [3.63, 3.8) is 0 Å². The fraction of sp³-hybridized carbons (Fsp3) is 0.273. The highest BCUT2D eigenvalue weighted by Crippen LogP contribution is 2.30. The normalized spacial score (nSPS) is 16.6. The molecule has 1 saturated heterocycles. The summed E-state index contributed by atoms with van der Waals surface area (Å²) in [6.45, 7) is 3.50. The van der Waals surface area contributed by atoms with Gasteiger partial charge < -0.3 is 9.26 Å². The van der Waals surface area contributed by atoms with Gasteiger partial charge in [-0.05, 0) is 17.2 Å². The second-order valence-electron chi connectivity index (χ2n) is 7.47. The van der Waals surface area contributed by atoms with E-state index in [1.54, 1.807) is 23.2 Å². The maximum Gasteiger partial charge on any atom is 0.261 e. The Morgan fingerprint density at radius 2 is 1.91 bits per heavy atom. The lowest BCUT2D eigenvalue weighted by molar-refractivity contribution is 0.167. The molecule has 176 valence electrons. The first-order valence-electron chi connectivity index (χ1n) is 10.0. The fourth-order valence-corrected chi connectivity index (χ4v) is 3.13. The van der Waals surface area contributed by atoms with Crippen LogP contribution in [0.2, 0.25) is 0 Å². The third-order valence-electron chi connectivity index (χ3n) is 4.76. The molecule has 1 aliphatic heterocycles. The zero-order valence-corrected chi connectivity index (χ0v) is 19.0. The second kappa shape index (κ2) is 10.7. The Bertz CT molecular complexity index is 1210. The quantitative estimate of drug-likeness (QED) is 0.433. The smallest absolute Gasteiger partial charge is 0.261 e. The van der Waals surface area contributed by atoms with Gasteiger partial charge in [0.25, 0.3) is 16.0 Å². The van der Waals surface area contributed by atoms with Crippen LogP contribution in [-0.2, 0) is 14.9 Å². The van der Waals surface area contributed by atoms with E-state index in [9.17, 15) is 12.8 Å². The summed E-state index contributed by atoms with van der Waals surface area (Å²) in [6.07, 6.45) is 0.715. The van der Waals surface area contributed by atoms with Crippen LogP contribution in [0.3, 0.4) is 0 Å². The number of nitrogens with zero attached hydrogens (tertiary/aromatic N) is 3. The fourth-order valence-electron chi connectivity index (χ4n) is 3.13. The lowest BCUT2D eigenvalue weighted by atomic mass is 9.95. The van der Waals surface area contributed by atoms with Crippen molar-refractivity contribution < 1.29 is 26.6 Å². The van der Waals surface area contributed by atoms with Crippen LogP contribution in [-0.4, -0.2) is 55.0 Å². The minimum absolute atomic E-state index is 0.143. The molecule has 9 nitrogen and oxygen atoms in total. The molecule has 3 aromatic rings. The van der Waals surface area contributed by atoms with Gasteiger partial charge in [-0.3, -0.25) is 10.4 Å². The molecular formula is C22H25FN4O5S. The van der Waals surface area contributed by atoms with Crippen LogP contribution in [0, 0.1) is 5.82 Å². The number of rotatable bonds is 4. The van der Waals surface area contributed by atoms with E-state index in [4.69, 9.17) is 19.7 Å². The highest BCUT2D eigenvalue weighted by atomic mass is 32.2. The third kappa shape index (κ3) is 7.46. The molecule has 33 heavy (non-hydrogen) atoms. The third-order valence-corrected chi connectivity index (χ3v) is 4.76. The maximum absolute atomic E-state index is 14.7. The van der Waals surface area contributed by atoms with Crippen LogP contribution in [0.15, 0.2) is 64.1 Å². The Balaban J connectivity index is 0.000000555. The standard InChI is InChI=1S/C21H21FN4O2.CH4O3S/c1-14(16-7-8-17(18(22)11-16)15-5-3-2-4-6-15)19-12-20(28-25-19)24-21-13-26(23)9-10-27-21;1-5(2,3)4/h2-8,11-12,14H,9-10,13,23H2,1H3;1H3,(H,2,3,4)/t14-;/m0./s1. The Labute approximate surface area is 191 Å². The van der Waals surface area contributed by atoms with Gasteiger partial charge in [-0.25, -0.2) is 9.40 Å². The number of hydrogen-bond donors (Lipinski definition) is 2.